The lowest BCUT2D eigenvalue weighted by atomic mass is 9.97. The highest BCUT2D eigenvalue weighted by Crippen LogP contribution is 2.42. The minimum Gasteiger partial charge on any atom is -0.493 e. The highest BCUT2D eigenvalue weighted by atomic mass is 16.5. The van der Waals surface area contributed by atoms with Crippen molar-refractivity contribution in [1.29, 1.82) is 0 Å². The second-order valence-electron chi connectivity index (χ2n) is 4.12. The Morgan fingerprint density at radius 2 is 2.20 bits per heavy atom. The number of hydrogen-bond donors (Lipinski definition) is 1. The van der Waals surface area contributed by atoms with E-state index in [4.69, 9.17) is 4.74 Å². The first-order valence-corrected chi connectivity index (χ1v) is 5.54. The first-order valence-electron chi connectivity index (χ1n) is 5.54. The monoisotopic (exact) mass is 210 g/mol. The van der Waals surface area contributed by atoms with Crippen LogP contribution in [0.2, 0.25) is 0 Å². The summed E-state index contributed by atoms with van der Waals surface area (Å²) in [6.07, 6.45) is 5.47. The zero-order valence-electron chi connectivity index (χ0n) is 9.36. The van der Waals surface area contributed by atoms with Gasteiger partial charge in [0.1, 0.15) is 11.3 Å². The molecule has 0 saturated heterocycles. The van der Waals surface area contributed by atoms with Gasteiger partial charge in [0.05, 0.1) is 13.3 Å². The first kappa shape index (κ1) is 10.5. The molecule has 0 radical (unpaired) electrons. The smallest absolute Gasteiger partial charge is 0.162 e. The predicted molar refractivity (Wildman–Crippen MR) is 56.8 cm³/mol. The molecular weight excluding hydrogens is 192 g/mol. The molecule has 4 nitrogen and oxygen atoms in total. The average molecular weight is 210 g/mol. The van der Waals surface area contributed by atoms with Gasteiger partial charge in [0, 0.05) is 6.54 Å². The maximum absolute atomic E-state index is 10.5. The lowest BCUT2D eigenvalue weighted by Gasteiger charge is -2.24. The molecule has 84 valence electrons. The molecule has 0 atom stereocenters. The number of nitrogens with zero attached hydrogens (tertiary/aromatic N) is 2. The number of ether oxygens (including phenoxy) is 1. The summed E-state index contributed by atoms with van der Waals surface area (Å²) in [6.45, 7) is 2.79. The van der Waals surface area contributed by atoms with Crippen LogP contribution in [0.25, 0.3) is 0 Å². The average Bonchev–Trinajstić information content (AvgIpc) is 2.83. The van der Waals surface area contributed by atoms with Crippen molar-refractivity contribution in [3.63, 3.8) is 0 Å². The SMILES string of the molecule is CCn1ncc(OC)c1C1(O)CCCC1. The lowest BCUT2D eigenvalue weighted by Crippen LogP contribution is -2.26. The third-order valence-corrected chi connectivity index (χ3v) is 3.20. The van der Waals surface area contributed by atoms with Gasteiger partial charge >= 0.3 is 0 Å². The number of methoxy groups -OCH3 is 1. The van der Waals surface area contributed by atoms with E-state index in [2.05, 4.69) is 5.10 Å². The van der Waals surface area contributed by atoms with E-state index in [-0.39, 0.29) is 0 Å². The second kappa shape index (κ2) is 3.85. The summed E-state index contributed by atoms with van der Waals surface area (Å²) < 4.78 is 7.10. The third-order valence-electron chi connectivity index (χ3n) is 3.20. The third kappa shape index (κ3) is 1.63. The standard InChI is InChI=1S/C11H18N2O2/c1-3-13-10(9(15-2)8-12-13)11(14)6-4-5-7-11/h8,14H,3-7H2,1-2H3. The van der Waals surface area contributed by atoms with Crippen LogP contribution < -0.4 is 4.74 Å². The Kier molecular flexibility index (Phi) is 2.69. The van der Waals surface area contributed by atoms with Gasteiger partial charge in [-0.05, 0) is 19.8 Å². The molecule has 4 heteroatoms. The van der Waals surface area contributed by atoms with Crippen molar-refractivity contribution in [1.82, 2.24) is 9.78 Å². The van der Waals surface area contributed by atoms with Crippen molar-refractivity contribution < 1.29 is 9.84 Å². The molecule has 0 amide bonds. The first-order chi connectivity index (χ1) is 7.21. The summed E-state index contributed by atoms with van der Waals surface area (Å²) >= 11 is 0. The van der Waals surface area contributed by atoms with Crippen molar-refractivity contribution >= 4 is 0 Å². The molecular formula is C11H18N2O2. The number of aliphatic hydroxyl groups is 1. The van der Waals surface area contributed by atoms with Gasteiger partial charge in [-0.2, -0.15) is 5.10 Å². The Bertz CT molecular complexity index is 319. The normalized spacial score (nSPS) is 19.4. The minimum absolute atomic E-state index is 0.709. The van der Waals surface area contributed by atoms with E-state index in [0.29, 0.717) is 5.75 Å². The summed E-state index contributed by atoms with van der Waals surface area (Å²) in [6, 6.07) is 0. The van der Waals surface area contributed by atoms with Gasteiger partial charge in [0.25, 0.3) is 0 Å². The van der Waals surface area contributed by atoms with Crippen molar-refractivity contribution in [2.45, 2.75) is 44.8 Å². The van der Waals surface area contributed by atoms with E-state index >= 15 is 0 Å². The van der Waals surface area contributed by atoms with Crippen LogP contribution in [-0.2, 0) is 12.1 Å². The van der Waals surface area contributed by atoms with Crippen LogP contribution in [0.15, 0.2) is 6.20 Å². The maximum atomic E-state index is 10.5. The lowest BCUT2D eigenvalue weighted by molar-refractivity contribution is 0.0326. The molecule has 1 aliphatic carbocycles. The van der Waals surface area contributed by atoms with Crippen molar-refractivity contribution in [2.75, 3.05) is 7.11 Å². The van der Waals surface area contributed by atoms with Crippen LogP contribution in [0.3, 0.4) is 0 Å². The molecule has 1 N–H and O–H groups in total. The summed E-state index contributed by atoms with van der Waals surface area (Å²) in [5.41, 5.74) is 0.128. The van der Waals surface area contributed by atoms with Crippen LogP contribution >= 0.6 is 0 Å². The van der Waals surface area contributed by atoms with E-state index in [1.807, 2.05) is 11.6 Å². The van der Waals surface area contributed by atoms with Gasteiger partial charge in [0.15, 0.2) is 5.75 Å². The zero-order chi connectivity index (χ0) is 10.9. The Balaban J connectivity index is 2.43. The molecule has 1 fully saturated rings. The van der Waals surface area contributed by atoms with Gasteiger partial charge in [0.2, 0.25) is 0 Å². The van der Waals surface area contributed by atoms with Gasteiger partial charge in [-0.25, -0.2) is 0 Å². The molecule has 2 rings (SSSR count). The molecule has 0 aliphatic heterocycles. The van der Waals surface area contributed by atoms with Crippen LogP contribution in [0.4, 0.5) is 0 Å². The summed E-state index contributed by atoms with van der Waals surface area (Å²) in [4.78, 5) is 0. The Morgan fingerprint density at radius 1 is 1.53 bits per heavy atom. The van der Waals surface area contributed by atoms with E-state index in [1.54, 1.807) is 13.3 Å². The van der Waals surface area contributed by atoms with Crippen molar-refractivity contribution in [2.24, 2.45) is 0 Å². The van der Waals surface area contributed by atoms with Gasteiger partial charge in [-0.15, -0.1) is 0 Å². The van der Waals surface area contributed by atoms with Crippen LogP contribution in [-0.4, -0.2) is 22.0 Å². The second-order valence-corrected chi connectivity index (χ2v) is 4.12. The Hall–Kier alpha value is -1.03. The quantitative estimate of drug-likeness (QED) is 0.825. The largest absolute Gasteiger partial charge is 0.493 e. The highest BCUT2D eigenvalue weighted by molar-refractivity contribution is 5.31. The molecule has 0 aromatic carbocycles. The summed E-state index contributed by atoms with van der Waals surface area (Å²) in [7, 11) is 1.62. The van der Waals surface area contributed by atoms with Gasteiger partial charge in [-0.3, -0.25) is 4.68 Å². The number of rotatable bonds is 3. The van der Waals surface area contributed by atoms with E-state index in [1.165, 1.54) is 0 Å². The molecule has 0 spiro atoms. The fraction of sp³-hybridized carbons (Fsp3) is 0.727. The molecule has 1 heterocycles. The molecule has 0 bridgehead atoms. The van der Waals surface area contributed by atoms with Crippen LogP contribution in [0.5, 0.6) is 5.75 Å². The predicted octanol–water partition coefficient (Wildman–Crippen LogP) is 1.67. The minimum atomic E-state index is -0.724. The number of aromatic nitrogens is 2. The maximum Gasteiger partial charge on any atom is 0.162 e. The number of hydrogen-bond acceptors (Lipinski definition) is 3. The molecule has 1 aliphatic rings. The van der Waals surface area contributed by atoms with E-state index in [0.717, 1.165) is 37.9 Å². The molecule has 15 heavy (non-hydrogen) atoms. The van der Waals surface area contributed by atoms with E-state index in [9.17, 15) is 5.11 Å². The molecule has 1 aromatic rings. The van der Waals surface area contributed by atoms with Crippen LogP contribution in [0, 0.1) is 0 Å². The summed E-state index contributed by atoms with van der Waals surface area (Å²) in [5.74, 6) is 0.709. The van der Waals surface area contributed by atoms with Crippen LogP contribution in [0.1, 0.15) is 38.3 Å². The van der Waals surface area contributed by atoms with Crippen molar-refractivity contribution in [3.8, 4) is 5.75 Å². The Morgan fingerprint density at radius 3 is 2.73 bits per heavy atom. The van der Waals surface area contributed by atoms with Crippen molar-refractivity contribution in [3.05, 3.63) is 11.9 Å². The fourth-order valence-corrected chi connectivity index (χ4v) is 2.42. The molecule has 1 aromatic heterocycles. The topological polar surface area (TPSA) is 47.3 Å². The van der Waals surface area contributed by atoms with Gasteiger partial charge in [-0.1, -0.05) is 12.8 Å². The van der Waals surface area contributed by atoms with Gasteiger partial charge < -0.3 is 9.84 Å². The fourth-order valence-electron chi connectivity index (χ4n) is 2.42. The molecule has 0 unspecified atom stereocenters. The summed E-state index contributed by atoms with van der Waals surface area (Å²) in [5, 5.41) is 14.8. The Labute approximate surface area is 89.9 Å². The zero-order valence-corrected chi connectivity index (χ0v) is 9.36. The molecule has 1 saturated carbocycles. The van der Waals surface area contributed by atoms with E-state index < -0.39 is 5.60 Å². The number of aryl methyl sites for hydroxylation is 1. The highest BCUT2D eigenvalue weighted by Gasteiger charge is 2.38.